The van der Waals surface area contributed by atoms with Gasteiger partial charge in [-0.05, 0) is 26.0 Å². The highest BCUT2D eigenvalue weighted by atomic mass is 16.2. The van der Waals surface area contributed by atoms with Crippen LogP contribution in [0.4, 0.5) is 11.8 Å². The normalized spacial score (nSPS) is 10.6. The molecule has 0 fully saturated rings. The number of rotatable bonds is 6. The third-order valence-corrected chi connectivity index (χ3v) is 3.37. The van der Waals surface area contributed by atoms with Crippen LogP contribution < -0.4 is 11.1 Å². The second-order valence-electron chi connectivity index (χ2n) is 4.69. The van der Waals surface area contributed by atoms with E-state index in [1.165, 1.54) is 0 Å². The van der Waals surface area contributed by atoms with Gasteiger partial charge >= 0.3 is 0 Å². The number of carbonyl (C=O) groups excluding carboxylic acids is 1. The Balaban J connectivity index is 1.99. The molecule has 2 aromatic rings. The first-order chi connectivity index (χ1) is 10.2. The van der Waals surface area contributed by atoms with Gasteiger partial charge in [-0.25, -0.2) is 4.98 Å². The molecule has 0 aliphatic carbocycles. The second kappa shape index (κ2) is 6.88. The fourth-order valence-electron chi connectivity index (χ4n) is 2.20. The molecule has 6 nitrogen and oxygen atoms in total. The summed E-state index contributed by atoms with van der Waals surface area (Å²) in [6.07, 6.45) is 0.414. The molecule has 1 aromatic carbocycles. The first-order valence-corrected chi connectivity index (χ1v) is 7.19. The number of anilines is 2. The van der Waals surface area contributed by atoms with Crippen molar-refractivity contribution in [2.75, 3.05) is 30.7 Å². The molecule has 0 saturated carbocycles. The summed E-state index contributed by atoms with van der Waals surface area (Å²) >= 11 is 0. The van der Waals surface area contributed by atoms with Gasteiger partial charge in [0.2, 0.25) is 11.9 Å². The number of nitrogen functional groups attached to an aromatic ring is 1. The Morgan fingerprint density at radius 3 is 2.67 bits per heavy atom. The lowest BCUT2D eigenvalue weighted by Gasteiger charge is -2.18. The van der Waals surface area contributed by atoms with E-state index in [9.17, 15) is 4.79 Å². The minimum absolute atomic E-state index is 0.126. The van der Waals surface area contributed by atoms with E-state index in [-0.39, 0.29) is 5.91 Å². The molecule has 0 atom stereocenters. The van der Waals surface area contributed by atoms with Crippen molar-refractivity contribution in [2.45, 2.75) is 20.3 Å². The van der Waals surface area contributed by atoms with Gasteiger partial charge in [0.15, 0.2) is 0 Å². The molecule has 21 heavy (non-hydrogen) atoms. The van der Waals surface area contributed by atoms with E-state index in [1.54, 1.807) is 4.90 Å². The van der Waals surface area contributed by atoms with Crippen LogP contribution in [0.3, 0.4) is 0 Å². The van der Waals surface area contributed by atoms with Crippen LogP contribution >= 0.6 is 0 Å². The fourth-order valence-corrected chi connectivity index (χ4v) is 2.20. The maximum Gasteiger partial charge on any atom is 0.225 e. The molecule has 0 radical (unpaired) electrons. The SMILES string of the molecule is CCN(CC)C(=O)CCNc1nc(N)c2ccccc2n1. The summed E-state index contributed by atoms with van der Waals surface area (Å²) in [5.74, 6) is 1.03. The topological polar surface area (TPSA) is 84.1 Å². The van der Waals surface area contributed by atoms with E-state index in [2.05, 4.69) is 15.3 Å². The molecule has 1 amide bonds. The van der Waals surface area contributed by atoms with Crippen molar-refractivity contribution in [2.24, 2.45) is 0 Å². The lowest BCUT2D eigenvalue weighted by molar-refractivity contribution is -0.130. The van der Waals surface area contributed by atoms with Gasteiger partial charge in [-0.2, -0.15) is 4.98 Å². The van der Waals surface area contributed by atoms with Crippen LogP contribution in [0.5, 0.6) is 0 Å². The highest BCUT2D eigenvalue weighted by Crippen LogP contribution is 2.18. The van der Waals surface area contributed by atoms with Gasteiger partial charge < -0.3 is 16.0 Å². The Hall–Kier alpha value is -2.37. The number of benzene rings is 1. The molecule has 2 rings (SSSR count). The van der Waals surface area contributed by atoms with Crippen molar-refractivity contribution in [3.63, 3.8) is 0 Å². The smallest absolute Gasteiger partial charge is 0.225 e. The molecule has 6 heteroatoms. The Kier molecular flexibility index (Phi) is 4.92. The largest absolute Gasteiger partial charge is 0.383 e. The highest BCUT2D eigenvalue weighted by Gasteiger charge is 2.09. The third-order valence-electron chi connectivity index (χ3n) is 3.37. The predicted molar refractivity (Wildman–Crippen MR) is 85.0 cm³/mol. The maximum atomic E-state index is 11.9. The van der Waals surface area contributed by atoms with Crippen molar-refractivity contribution >= 4 is 28.6 Å². The van der Waals surface area contributed by atoms with E-state index in [4.69, 9.17) is 5.73 Å². The van der Waals surface area contributed by atoms with Gasteiger partial charge in [0.05, 0.1) is 5.52 Å². The first-order valence-electron chi connectivity index (χ1n) is 7.19. The molecule has 0 aliphatic heterocycles. The van der Waals surface area contributed by atoms with Gasteiger partial charge in [-0.3, -0.25) is 4.79 Å². The number of fused-ring (bicyclic) bond motifs is 1. The molecular formula is C15H21N5O. The Morgan fingerprint density at radius 1 is 1.24 bits per heavy atom. The Labute approximate surface area is 124 Å². The van der Waals surface area contributed by atoms with Crippen LogP contribution in [0, 0.1) is 0 Å². The van der Waals surface area contributed by atoms with Gasteiger partial charge in [0, 0.05) is 31.4 Å². The number of nitrogens with two attached hydrogens (primary N) is 1. The number of amides is 1. The standard InChI is InChI=1S/C15H21N5O/c1-3-20(4-2)13(21)9-10-17-15-18-12-8-6-5-7-11(12)14(16)19-15/h5-8H,3-4,9-10H2,1-2H3,(H3,16,17,18,19). The van der Waals surface area contributed by atoms with Crippen molar-refractivity contribution in [1.82, 2.24) is 14.9 Å². The molecule has 112 valence electrons. The van der Waals surface area contributed by atoms with Crippen LogP contribution in [0.2, 0.25) is 0 Å². The summed E-state index contributed by atoms with van der Waals surface area (Å²) in [5.41, 5.74) is 6.71. The number of nitrogens with one attached hydrogen (secondary N) is 1. The van der Waals surface area contributed by atoms with E-state index < -0.39 is 0 Å². The zero-order chi connectivity index (χ0) is 15.2. The zero-order valence-corrected chi connectivity index (χ0v) is 12.5. The summed E-state index contributed by atoms with van der Waals surface area (Å²) in [4.78, 5) is 22.3. The predicted octanol–water partition coefficient (Wildman–Crippen LogP) is 1.88. The maximum absolute atomic E-state index is 11.9. The number of hydrogen-bond donors (Lipinski definition) is 2. The first kappa shape index (κ1) is 15.0. The average Bonchev–Trinajstić information content (AvgIpc) is 2.48. The molecular weight excluding hydrogens is 266 g/mol. The fraction of sp³-hybridized carbons (Fsp3) is 0.400. The number of aromatic nitrogens is 2. The highest BCUT2D eigenvalue weighted by molar-refractivity contribution is 5.88. The zero-order valence-electron chi connectivity index (χ0n) is 12.5. The van der Waals surface area contributed by atoms with Gasteiger partial charge in [-0.15, -0.1) is 0 Å². The molecule has 0 aliphatic rings. The quantitative estimate of drug-likeness (QED) is 0.847. The van der Waals surface area contributed by atoms with Crippen LogP contribution in [-0.4, -0.2) is 40.4 Å². The van der Waals surface area contributed by atoms with Crippen LogP contribution in [-0.2, 0) is 4.79 Å². The second-order valence-corrected chi connectivity index (χ2v) is 4.69. The monoisotopic (exact) mass is 287 g/mol. The molecule has 0 bridgehead atoms. The molecule has 1 aromatic heterocycles. The summed E-state index contributed by atoms with van der Waals surface area (Å²) in [6.45, 7) is 5.90. The van der Waals surface area contributed by atoms with Crippen molar-refractivity contribution < 1.29 is 4.79 Å². The van der Waals surface area contributed by atoms with Crippen LogP contribution in [0.1, 0.15) is 20.3 Å². The molecule has 0 saturated heterocycles. The molecule has 3 N–H and O–H groups in total. The number of hydrogen-bond acceptors (Lipinski definition) is 5. The average molecular weight is 287 g/mol. The van der Waals surface area contributed by atoms with E-state index in [0.29, 0.717) is 24.7 Å². The van der Waals surface area contributed by atoms with Gasteiger partial charge in [0.25, 0.3) is 0 Å². The third kappa shape index (κ3) is 3.59. The minimum atomic E-state index is 0.126. The lowest BCUT2D eigenvalue weighted by Crippen LogP contribution is -2.31. The van der Waals surface area contributed by atoms with E-state index >= 15 is 0 Å². The van der Waals surface area contributed by atoms with Crippen molar-refractivity contribution in [3.8, 4) is 0 Å². The van der Waals surface area contributed by atoms with E-state index in [1.807, 2.05) is 38.1 Å². The lowest BCUT2D eigenvalue weighted by atomic mass is 10.2. The molecule has 0 spiro atoms. The number of carbonyl (C=O) groups is 1. The number of para-hydroxylation sites is 1. The summed E-state index contributed by atoms with van der Waals surface area (Å²) in [7, 11) is 0. The Bertz CT molecular complexity index is 624. The summed E-state index contributed by atoms with van der Waals surface area (Å²) < 4.78 is 0. The van der Waals surface area contributed by atoms with Gasteiger partial charge in [-0.1, -0.05) is 12.1 Å². The van der Waals surface area contributed by atoms with Crippen molar-refractivity contribution in [3.05, 3.63) is 24.3 Å². The van der Waals surface area contributed by atoms with Crippen LogP contribution in [0.25, 0.3) is 10.9 Å². The minimum Gasteiger partial charge on any atom is -0.383 e. The number of nitrogens with zero attached hydrogens (tertiary/aromatic N) is 3. The molecule has 1 heterocycles. The summed E-state index contributed by atoms with van der Waals surface area (Å²) in [5, 5.41) is 3.90. The summed E-state index contributed by atoms with van der Waals surface area (Å²) in [6, 6.07) is 7.58. The van der Waals surface area contributed by atoms with Crippen LogP contribution in [0.15, 0.2) is 24.3 Å². The van der Waals surface area contributed by atoms with Crippen molar-refractivity contribution in [1.29, 1.82) is 0 Å². The van der Waals surface area contributed by atoms with E-state index in [0.717, 1.165) is 24.0 Å². The molecule has 0 unspecified atom stereocenters. The van der Waals surface area contributed by atoms with Gasteiger partial charge in [0.1, 0.15) is 5.82 Å². The Morgan fingerprint density at radius 2 is 1.95 bits per heavy atom.